The molecule has 3 aromatic rings. The number of benzene rings is 2. The maximum atomic E-state index is 12.3. The topological polar surface area (TPSA) is 43.3 Å². The molecular formula is C18H18N2O2. The van der Waals surface area contributed by atoms with Gasteiger partial charge in [0.15, 0.2) is 0 Å². The summed E-state index contributed by atoms with van der Waals surface area (Å²) in [6, 6.07) is 17.5. The van der Waals surface area contributed by atoms with E-state index in [1.807, 2.05) is 72.3 Å². The van der Waals surface area contributed by atoms with Gasteiger partial charge in [-0.3, -0.25) is 4.79 Å². The molecule has 0 saturated carbocycles. The molecular weight excluding hydrogens is 276 g/mol. The zero-order chi connectivity index (χ0) is 15.4. The van der Waals surface area contributed by atoms with Crippen molar-refractivity contribution in [2.75, 3.05) is 11.9 Å². The molecule has 3 rings (SSSR count). The van der Waals surface area contributed by atoms with E-state index in [9.17, 15) is 4.79 Å². The molecule has 0 radical (unpaired) electrons. The number of para-hydroxylation sites is 3. The minimum absolute atomic E-state index is 0.0755. The van der Waals surface area contributed by atoms with Crippen LogP contribution < -0.4 is 10.1 Å². The van der Waals surface area contributed by atoms with Gasteiger partial charge in [0.2, 0.25) is 5.91 Å². The monoisotopic (exact) mass is 294 g/mol. The number of hydrogen-bond acceptors (Lipinski definition) is 2. The van der Waals surface area contributed by atoms with Crippen LogP contribution in [-0.4, -0.2) is 17.1 Å². The van der Waals surface area contributed by atoms with E-state index in [-0.39, 0.29) is 12.5 Å². The summed E-state index contributed by atoms with van der Waals surface area (Å²) in [6.07, 6.45) is 1.93. The quantitative estimate of drug-likeness (QED) is 0.780. The second-order valence-electron chi connectivity index (χ2n) is 4.98. The number of aromatic nitrogens is 1. The van der Waals surface area contributed by atoms with Gasteiger partial charge in [-0.2, -0.15) is 0 Å². The Kier molecular flexibility index (Phi) is 4.10. The fourth-order valence-corrected chi connectivity index (χ4v) is 2.47. The van der Waals surface area contributed by atoms with Crippen LogP contribution in [-0.2, 0) is 11.3 Å². The number of carbonyl (C=O) groups is 1. The van der Waals surface area contributed by atoms with Crippen LogP contribution in [0.15, 0.2) is 60.8 Å². The molecule has 0 spiro atoms. The van der Waals surface area contributed by atoms with E-state index in [0.717, 1.165) is 10.9 Å². The van der Waals surface area contributed by atoms with Crippen molar-refractivity contribution in [3.05, 3.63) is 60.8 Å². The Labute approximate surface area is 129 Å². The summed E-state index contributed by atoms with van der Waals surface area (Å²) in [7, 11) is 0. The smallest absolute Gasteiger partial charge is 0.244 e. The third kappa shape index (κ3) is 2.96. The summed E-state index contributed by atoms with van der Waals surface area (Å²) in [5, 5.41) is 4.04. The molecule has 0 aliphatic rings. The van der Waals surface area contributed by atoms with Crippen molar-refractivity contribution in [3.8, 4) is 5.75 Å². The van der Waals surface area contributed by atoms with Crippen molar-refractivity contribution in [1.82, 2.24) is 4.57 Å². The lowest BCUT2D eigenvalue weighted by molar-refractivity contribution is -0.116. The van der Waals surface area contributed by atoms with Crippen LogP contribution >= 0.6 is 0 Å². The van der Waals surface area contributed by atoms with Gasteiger partial charge in [0.05, 0.1) is 12.3 Å². The molecule has 0 fully saturated rings. The van der Waals surface area contributed by atoms with Gasteiger partial charge in [0, 0.05) is 11.7 Å². The summed E-state index contributed by atoms with van der Waals surface area (Å²) in [5.41, 5.74) is 1.75. The number of fused-ring (bicyclic) bond motifs is 1. The standard InChI is InChI=1S/C18H18N2O2/c1-2-22-17-10-6-4-8-15(17)19-18(21)13-20-12-11-14-7-3-5-9-16(14)20/h3-12H,2,13H2,1H3,(H,19,21). The number of carbonyl (C=O) groups excluding carboxylic acids is 1. The summed E-state index contributed by atoms with van der Waals surface area (Å²) in [4.78, 5) is 12.3. The van der Waals surface area contributed by atoms with E-state index in [0.29, 0.717) is 18.0 Å². The van der Waals surface area contributed by atoms with Crippen LogP contribution in [0.25, 0.3) is 10.9 Å². The highest BCUT2D eigenvalue weighted by Crippen LogP contribution is 2.24. The van der Waals surface area contributed by atoms with Gasteiger partial charge in [0.25, 0.3) is 0 Å². The van der Waals surface area contributed by atoms with Crippen molar-refractivity contribution < 1.29 is 9.53 Å². The van der Waals surface area contributed by atoms with E-state index in [4.69, 9.17) is 4.74 Å². The lowest BCUT2D eigenvalue weighted by Crippen LogP contribution is -2.18. The zero-order valence-corrected chi connectivity index (χ0v) is 12.5. The molecule has 4 nitrogen and oxygen atoms in total. The van der Waals surface area contributed by atoms with Crippen molar-refractivity contribution in [2.45, 2.75) is 13.5 Å². The van der Waals surface area contributed by atoms with E-state index in [1.165, 1.54) is 0 Å². The first-order valence-electron chi connectivity index (χ1n) is 7.33. The maximum Gasteiger partial charge on any atom is 0.244 e. The molecule has 0 unspecified atom stereocenters. The van der Waals surface area contributed by atoms with Crippen LogP contribution in [0.5, 0.6) is 5.75 Å². The Morgan fingerprint density at radius 1 is 1.09 bits per heavy atom. The number of hydrogen-bond donors (Lipinski definition) is 1. The number of amides is 1. The normalized spacial score (nSPS) is 10.6. The summed E-state index contributed by atoms with van der Waals surface area (Å²) in [6.45, 7) is 2.76. The van der Waals surface area contributed by atoms with Gasteiger partial charge >= 0.3 is 0 Å². The Hall–Kier alpha value is -2.75. The van der Waals surface area contributed by atoms with Crippen molar-refractivity contribution in [3.63, 3.8) is 0 Å². The molecule has 2 aromatic carbocycles. The SMILES string of the molecule is CCOc1ccccc1NC(=O)Cn1ccc2ccccc21. The third-order valence-electron chi connectivity index (χ3n) is 3.46. The molecule has 0 aliphatic heterocycles. The molecule has 1 amide bonds. The van der Waals surface area contributed by atoms with Gasteiger partial charge in [0.1, 0.15) is 12.3 Å². The molecule has 4 heteroatoms. The van der Waals surface area contributed by atoms with Gasteiger partial charge in [-0.15, -0.1) is 0 Å². The van der Waals surface area contributed by atoms with Crippen molar-refractivity contribution in [1.29, 1.82) is 0 Å². The van der Waals surface area contributed by atoms with Crippen LogP contribution in [0, 0.1) is 0 Å². The summed E-state index contributed by atoms with van der Waals surface area (Å²) >= 11 is 0. The maximum absolute atomic E-state index is 12.3. The molecule has 0 saturated heterocycles. The number of nitrogens with zero attached hydrogens (tertiary/aromatic N) is 1. The van der Waals surface area contributed by atoms with Crippen LogP contribution in [0.2, 0.25) is 0 Å². The molecule has 1 heterocycles. The molecule has 1 N–H and O–H groups in total. The predicted molar refractivity (Wildman–Crippen MR) is 88.2 cm³/mol. The van der Waals surface area contributed by atoms with E-state index >= 15 is 0 Å². The first kappa shape index (κ1) is 14.2. The Balaban J connectivity index is 1.75. The first-order valence-corrected chi connectivity index (χ1v) is 7.33. The van der Waals surface area contributed by atoms with Crippen LogP contribution in [0.4, 0.5) is 5.69 Å². The number of rotatable bonds is 5. The Bertz CT molecular complexity index is 792. The summed E-state index contributed by atoms with van der Waals surface area (Å²) in [5.74, 6) is 0.615. The van der Waals surface area contributed by atoms with Gasteiger partial charge in [-0.1, -0.05) is 30.3 Å². The van der Waals surface area contributed by atoms with Crippen LogP contribution in [0.3, 0.4) is 0 Å². The second-order valence-corrected chi connectivity index (χ2v) is 4.98. The number of ether oxygens (including phenoxy) is 1. The molecule has 112 valence electrons. The zero-order valence-electron chi connectivity index (χ0n) is 12.5. The Morgan fingerprint density at radius 2 is 1.86 bits per heavy atom. The fourth-order valence-electron chi connectivity index (χ4n) is 2.47. The molecule has 22 heavy (non-hydrogen) atoms. The average molecular weight is 294 g/mol. The van der Waals surface area contributed by atoms with Crippen molar-refractivity contribution in [2.24, 2.45) is 0 Å². The number of nitrogens with one attached hydrogen (secondary N) is 1. The lowest BCUT2D eigenvalue weighted by atomic mass is 10.2. The van der Waals surface area contributed by atoms with Gasteiger partial charge in [-0.25, -0.2) is 0 Å². The number of anilines is 1. The molecule has 0 bridgehead atoms. The fraction of sp³-hybridized carbons (Fsp3) is 0.167. The second kappa shape index (κ2) is 6.35. The molecule has 0 aliphatic carbocycles. The highest BCUT2D eigenvalue weighted by atomic mass is 16.5. The highest BCUT2D eigenvalue weighted by molar-refractivity contribution is 5.93. The average Bonchev–Trinajstić information content (AvgIpc) is 2.93. The third-order valence-corrected chi connectivity index (χ3v) is 3.46. The first-order chi connectivity index (χ1) is 10.8. The van der Waals surface area contributed by atoms with E-state index in [2.05, 4.69) is 5.32 Å². The molecule has 1 aromatic heterocycles. The Morgan fingerprint density at radius 3 is 2.73 bits per heavy atom. The van der Waals surface area contributed by atoms with Gasteiger partial charge in [-0.05, 0) is 36.6 Å². The lowest BCUT2D eigenvalue weighted by Gasteiger charge is -2.12. The highest BCUT2D eigenvalue weighted by Gasteiger charge is 2.09. The van der Waals surface area contributed by atoms with Crippen molar-refractivity contribution >= 4 is 22.5 Å². The minimum Gasteiger partial charge on any atom is -0.492 e. The van der Waals surface area contributed by atoms with E-state index < -0.39 is 0 Å². The van der Waals surface area contributed by atoms with Gasteiger partial charge < -0.3 is 14.6 Å². The van der Waals surface area contributed by atoms with Crippen LogP contribution in [0.1, 0.15) is 6.92 Å². The van der Waals surface area contributed by atoms with E-state index in [1.54, 1.807) is 0 Å². The predicted octanol–water partition coefficient (Wildman–Crippen LogP) is 3.68. The molecule has 0 atom stereocenters. The largest absolute Gasteiger partial charge is 0.492 e. The summed E-state index contributed by atoms with van der Waals surface area (Å²) < 4.78 is 7.46. The minimum atomic E-state index is -0.0755.